The molecule has 1 aromatic heterocycles. The molecule has 0 saturated carbocycles. The van der Waals surface area contributed by atoms with E-state index < -0.39 is 0 Å². The van der Waals surface area contributed by atoms with Crippen LogP contribution in [0.15, 0.2) is 30.3 Å². The minimum absolute atomic E-state index is 0.653. The Kier molecular flexibility index (Phi) is 5.33. The van der Waals surface area contributed by atoms with Gasteiger partial charge in [0.2, 0.25) is 0 Å². The molecule has 2 aromatic rings. The second-order valence-electron chi connectivity index (χ2n) is 4.58. The number of para-hydroxylation sites is 1. The first-order valence-corrected chi connectivity index (χ1v) is 6.96. The summed E-state index contributed by atoms with van der Waals surface area (Å²) in [6, 6.07) is 11.7. The number of benzene rings is 1. The van der Waals surface area contributed by atoms with Crippen LogP contribution in [0.5, 0.6) is 0 Å². The fourth-order valence-corrected chi connectivity index (χ4v) is 2.00. The van der Waals surface area contributed by atoms with Crippen LogP contribution in [0.3, 0.4) is 0 Å². The third-order valence-corrected chi connectivity index (χ3v) is 2.96. The van der Waals surface area contributed by atoms with Crippen LogP contribution in [0.2, 0.25) is 0 Å². The minimum atomic E-state index is 0.653. The number of rotatable bonds is 7. The molecule has 0 fully saturated rings. The number of hydrogen-bond donors (Lipinski definition) is 1. The van der Waals surface area contributed by atoms with Gasteiger partial charge in [-0.2, -0.15) is 5.26 Å². The van der Waals surface area contributed by atoms with Crippen LogP contribution in [0.4, 0.5) is 5.82 Å². The molecule has 0 bridgehead atoms. The lowest BCUT2D eigenvalue weighted by molar-refractivity contribution is 0.134. The van der Waals surface area contributed by atoms with Gasteiger partial charge in [-0.15, -0.1) is 0 Å². The molecule has 0 atom stereocenters. The van der Waals surface area contributed by atoms with Gasteiger partial charge in [0.25, 0.3) is 0 Å². The van der Waals surface area contributed by atoms with E-state index in [0.29, 0.717) is 5.56 Å². The van der Waals surface area contributed by atoms with Crippen molar-refractivity contribution in [3.05, 3.63) is 35.9 Å². The van der Waals surface area contributed by atoms with E-state index in [0.717, 1.165) is 49.3 Å². The first kappa shape index (κ1) is 14.3. The molecule has 1 N–H and O–H groups in total. The van der Waals surface area contributed by atoms with Crippen molar-refractivity contribution in [2.45, 2.75) is 19.8 Å². The molecular weight excluding hydrogens is 250 g/mol. The molecule has 0 aliphatic carbocycles. The van der Waals surface area contributed by atoms with Gasteiger partial charge < -0.3 is 10.1 Å². The number of nitriles is 1. The molecule has 0 unspecified atom stereocenters. The van der Waals surface area contributed by atoms with Crippen LogP contribution < -0.4 is 5.32 Å². The summed E-state index contributed by atoms with van der Waals surface area (Å²) < 4.78 is 5.42. The number of anilines is 1. The van der Waals surface area contributed by atoms with E-state index >= 15 is 0 Å². The summed E-state index contributed by atoms with van der Waals surface area (Å²) in [6.45, 7) is 4.45. The maximum absolute atomic E-state index is 9.20. The standard InChI is InChI=1S/C16H19N3O/c1-2-9-20-10-5-8-18-16-11-13(12-17)14-6-3-4-7-15(14)19-16/h3-4,6-7,11H,2,5,8-10H2,1H3,(H,18,19). The summed E-state index contributed by atoms with van der Waals surface area (Å²) in [6.07, 6.45) is 1.97. The summed E-state index contributed by atoms with van der Waals surface area (Å²) in [4.78, 5) is 4.51. The lowest BCUT2D eigenvalue weighted by Gasteiger charge is -2.08. The third-order valence-electron chi connectivity index (χ3n) is 2.96. The van der Waals surface area contributed by atoms with E-state index in [1.165, 1.54) is 0 Å². The Morgan fingerprint density at radius 3 is 2.95 bits per heavy atom. The van der Waals surface area contributed by atoms with Crippen molar-refractivity contribution in [3.8, 4) is 6.07 Å². The van der Waals surface area contributed by atoms with Crippen LogP contribution in [-0.2, 0) is 4.74 Å². The monoisotopic (exact) mass is 269 g/mol. The van der Waals surface area contributed by atoms with Gasteiger partial charge in [0.1, 0.15) is 5.82 Å². The molecule has 104 valence electrons. The average Bonchev–Trinajstić information content (AvgIpc) is 2.50. The van der Waals surface area contributed by atoms with E-state index in [2.05, 4.69) is 23.3 Å². The van der Waals surface area contributed by atoms with Crippen molar-refractivity contribution in [1.82, 2.24) is 4.98 Å². The Balaban J connectivity index is 1.99. The highest BCUT2D eigenvalue weighted by atomic mass is 16.5. The first-order chi connectivity index (χ1) is 9.85. The molecule has 0 amide bonds. The van der Waals surface area contributed by atoms with Crippen molar-refractivity contribution in [2.24, 2.45) is 0 Å². The van der Waals surface area contributed by atoms with Gasteiger partial charge in [-0.3, -0.25) is 0 Å². The predicted molar refractivity (Wildman–Crippen MR) is 80.7 cm³/mol. The SMILES string of the molecule is CCCOCCCNc1cc(C#N)c2ccccc2n1. The molecule has 2 rings (SSSR count). The number of nitrogens with one attached hydrogen (secondary N) is 1. The lowest BCUT2D eigenvalue weighted by atomic mass is 10.1. The Morgan fingerprint density at radius 2 is 2.15 bits per heavy atom. The zero-order valence-corrected chi connectivity index (χ0v) is 11.7. The smallest absolute Gasteiger partial charge is 0.127 e. The predicted octanol–water partition coefficient (Wildman–Crippen LogP) is 3.34. The third kappa shape index (κ3) is 3.69. The van der Waals surface area contributed by atoms with E-state index in [9.17, 15) is 5.26 Å². The number of nitrogens with zero attached hydrogens (tertiary/aromatic N) is 2. The minimum Gasteiger partial charge on any atom is -0.381 e. The maximum atomic E-state index is 9.20. The van der Waals surface area contributed by atoms with E-state index in [-0.39, 0.29) is 0 Å². The lowest BCUT2D eigenvalue weighted by Crippen LogP contribution is -2.07. The van der Waals surface area contributed by atoms with Gasteiger partial charge in [0.05, 0.1) is 17.1 Å². The highest BCUT2D eigenvalue weighted by Gasteiger charge is 2.04. The zero-order chi connectivity index (χ0) is 14.2. The number of ether oxygens (including phenoxy) is 1. The molecule has 0 saturated heterocycles. The Bertz CT molecular complexity index is 604. The molecule has 20 heavy (non-hydrogen) atoms. The van der Waals surface area contributed by atoms with E-state index in [1.807, 2.05) is 24.3 Å². The summed E-state index contributed by atoms with van der Waals surface area (Å²) in [5, 5.41) is 13.3. The molecule has 0 aliphatic heterocycles. The van der Waals surface area contributed by atoms with Crippen LogP contribution in [0, 0.1) is 11.3 Å². The Labute approximate surface area is 119 Å². The van der Waals surface area contributed by atoms with Gasteiger partial charge in [0.15, 0.2) is 0 Å². The quantitative estimate of drug-likeness (QED) is 0.783. The second-order valence-corrected chi connectivity index (χ2v) is 4.58. The molecule has 0 aliphatic rings. The van der Waals surface area contributed by atoms with Crippen molar-refractivity contribution in [1.29, 1.82) is 5.26 Å². The fraction of sp³-hybridized carbons (Fsp3) is 0.375. The van der Waals surface area contributed by atoms with Crippen LogP contribution in [0.1, 0.15) is 25.3 Å². The summed E-state index contributed by atoms with van der Waals surface area (Å²) in [7, 11) is 0. The zero-order valence-electron chi connectivity index (χ0n) is 11.7. The van der Waals surface area contributed by atoms with Crippen LogP contribution in [-0.4, -0.2) is 24.7 Å². The van der Waals surface area contributed by atoms with Crippen LogP contribution >= 0.6 is 0 Å². The Hall–Kier alpha value is -2.12. The van der Waals surface area contributed by atoms with Gasteiger partial charge in [0, 0.05) is 25.1 Å². The van der Waals surface area contributed by atoms with E-state index in [1.54, 1.807) is 6.07 Å². The molecule has 4 nitrogen and oxygen atoms in total. The number of fused-ring (bicyclic) bond motifs is 1. The molecule has 0 radical (unpaired) electrons. The molecule has 4 heteroatoms. The number of aromatic nitrogens is 1. The normalized spacial score (nSPS) is 10.4. The van der Waals surface area contributed by atoms with Gasteiger partial charge in [-0.05, 0) is 25.0 Å². The highest BCUT2D eigenvalue weighted by molar-refractivity contribution is 5.86. The molecule has 1 heterocycles. The molecular formula is C16H19N3O. The largest absolute Gasteiger partial charge is 0.381 e. The van der Waals surface area contributed by atoms with Crippen LogP contribution in [0.25, 0.3) is 10.9 Å². The second kappa shape index (κ2) is 7.46. The molecule has 0 spiro atoms. The van der Waals surface area contributed by atoms with Gasteiger partial charge in [-0.1, -0.05) is 25.1 Å². The van der Waals surface area contributed by atoms with Crippen molar-refractivity contribution in [3.63, 3.8) is 0 Å². The highest BCUT2D eigenvalue weighted by Crippen LogP contribution is 2.19. The Morgan fingerprint density at radius 1 is 1.30 bits per heavy atom. The van der Waals surface area contributed by atoms with E-state index in [4.69, 9.17) is 4.74 Å². The van der Waals surface area contributed by atoms with Crippen molar-refractivity contribution in [2.75, 3.05) is 25.1 Å². The van der Waals surface area contributed by atoms with Gasteiger partial charge >= 0.3 is 0 Å². The summed E-state index contributed by atoms with van der Waals surface area (Å²) >= 11 is 0. The van der Waals surface area contributed by atoms with Crippen molar-refractivity contribution < 1.29 is 4.74 Å². The first-order valence-electron chi connectivity index (χ1n) is 6.96. The summed E-state index contributed by atoms with van der Waals surface area (Å²) in [5.74, 6) is 0.746. The average molecular weight is 269 g/mol. The topological polar surface area (TPSA) is 57.9 Å². The molecule has 1 aromatic carbocycles. The summed E-state index contributed by atoms with van der Waals surface area (Å²) in [5.41, 5.74) is 1.50. The number of pyridine rings is 1. The fourth-order valence-electron chi connectivity index (χ4n) is 2.00. The number of hydrogen-bond acceptors (Lipinski definition) is 4. The van der Waals surface area contributed by atoms with Gasteiger partial charge in [-0.25, -0.2) is 4.98 Å². The van der Waals surface area contributed by atoms with Crippen molar-refractivity contribution >= 4 is 16.7 Å². The maximum Gasteiger partial charge on any atom is 0.127 e.